The molecule has 0 bridgehead atoms. The van der Waals surface area contributed by atoms with E-state index in [4.69, 9.17) is 4.74 Å². The van der Waals surface area contributed by atoms with Gasteiger partial charge in [0, 0.05) is 12.8 Å². The van der Waals surface area contributed by atoms with E-state index in [2.05, 4.69) is 55.6 Å². The van der Waals surface area contributed by atoms with Crippen LogP contribution < -0.4 is 5.32 Å². The first-order valence-corrected chi connectivity index (χ1v) is 36.9. The third kappa shape index (κ3) is 67.0. The van der Waals surface area contributed by atoms with Crippen LogP contribution >= 0.6 is 0 Å². The zero-order valence-corrected chi connectivity index (χ0v) is 55.2. The third-order valence-electron chi connectivity index (χ3n) is 17.1. The minimum atomic E-state index is -0.843. The van der Waals surface area contributed by atoms with Gasteiger partial charge in [0.1, 0.15) is 0 Å². The first-order valence-electron chi connectivity index (χ1n) is 36.9. The molecule has 0 rings (SSSR count). The first-order chi connectivity index (χ1) is 40.5. The van der Waals surface area contributed by atoms with Gasteiger partial charge >= 0.3 is 5.97 Å². The van der Waals surface area contributed by atoms with Crippen molar-refractivity contribution in [2.24, 2.45) is 0 Å². The summed E-state index contributed by atoms with van der Waals surface area (Å²) in [4.78, 5) is 24.6. The monoisotopic (exact) mass is 1150 g/mol. The fraction of sp³-hybridized carbons (Fsp3) is 0.868. The predicted molar refractivity (Wildman–Crippen MR) is 361 cm³/mol. The highest BCUT2D eigenvalue weighted by atomic mass is 16.5. The van der Waals surface area contributed by atoms with Gasteiger partial charge in [0.2, 0.25) is 5.91 Å². The second kappa shape index (κ2) is 71.3. The molecular weight excluding hydrogens is 1010 g/mol. The van der Waals surface area contributed by atoms with Crippen LogP contribution in [0, 0.1) is 0 Å². The Hall–Kier alpha value is -2.18. The zero-order chi connectivity index (χ0) is 59.2. The lowest BCUT2D eigenvalue weighted by Crippen LogP contribution is -2.45. The van der Waals surface area contributed by atoms with Gasteiger partial charge in [-0.15, -0.1) is 0 Å². The highest BCUT2D eigenvalue weighted by molar-refractivity contribution is 5.76. The van der Waals surface area contributed by atoms with Crippen molar-refractivity contribution >= 4 is 11.9 Å². The number of carbonyl (C=O) groups is 2. The molecule has 0 aliphatic heterocycles. The number of aliphatic hydroxyl groups excluding tert-OH is 2. The number of hydrogen-bond acceptors (Lipinski definition) is 5. The van der Waals surface area contributed by atoms with Crippen molar-refractivity contribution < 1.29 is 24.5 Å². The Morgan fingerprint density at radius 2 is 0.610 bits per heavy atom. The quantitative estimate of drug-likeness (QED) is 0.0320. The molecule has 2 atom stereocenters. The Labute approximate surface area is 512 Å². The summed E-state index contributed by atoms with van der Waals surface area (Å²) in [5.74, 6) is -0.0577. The summed E-state index contributed by atoms with van der Waals surface area (Å²) >= 11 is 0. The summed E-state index contributed by atoms with van der Waals surface area (Å²) in [5, 5.41) is 23.2. The van der Waals surface area contributed by atoms with Crippen molar-refractivity contribution in [3.05, 3.63) is 48.6 Å². The topological polar surface area (TPSA) is 95.9 Å². The fourth-order valence-corrected chi connectivity index (χ4v) is 11.4. The standard InChI is InChI=1S/C76H143NO5/c1-3-5-7-9-11-13-15-17-19-37-41-44-48-52-56-60-64-68-74(79)73(72-78)77-75(80)69-65-61-57-53-49-45-42-38-35-33-31-29-27-25-23-21-20-22-24-26-28-30-32-34-36-39-43-47-51-55-59-63-67-71-82-76(81)70-66-62-58-54-50-46-40-18-16-14-12-10-8-6-4-2/h12,14,18,24,26,40,64,68,73-74,78-79H,3-11,13,15-17,19-23,25,27-39,41-63,65-67,69-72H2,1-2H3,(H,77,80)/b14-12-,26-24-,40-18-,68-64+. The number of aliphatic hydroxyl groups is 2. The molecule has 0 fully saturated rings. The lowest BCUT2D eigenvalue weighted by atomic mass is 10.0. The van der Waals surface area contributed by atoms with Gasteiger partial charge in [-0.25, -0.2) is 0 Å². The molecular formula is C76H143NO5. The van der Waals surface area contributed by atoms with Gasteiger partial charge in [0.15, 0.2) is 0 Å². The van der Waals surface area contributed by atoms with E-state index >= 15 is 0 Å². The van der Waals surface area contributed by atoms with Gasteiger partial charge in [-0.2, -0.15) is 0 Å². The molecule has 0 aromatic carbocycles. The molecule has 6 nitrogen and oxygen atoms in total. The molecule has 0 heterocycles. The third-order valence-corrected chi connectivity index (χ3v) is 17.1. The number of ether oxygens (including phenoxy) is 1. The lowest BCUT2D eigenvalue weighted by Gasteiger charge is -2.20. The number of nitrogens with one attached hydrogen (secondary N) is 1. The zero-order valence-electron chi connectivity index (χ0n) is 55.2. The van der Waals surface area contributed by atoms with Crippen molar-refractivity contribution in [2.45, 2.75) is 411 Å². The molecule has 82 heavy (non-hydrogen) atoms. The average Bonchev–Trinajstić information content (AvgIpc) is 3.48. The minimum absolute atomic E-state index is 0.00455. The Morgan fingerprint density at radius 3 is 0.963 bits per heavy atom. The number of unbranched alkanes of at least 4 members (excludes halogenated alkanes) is 52. The van der Waals surface area contributed by atoms with Crippen LogP contribution in [0.25, 0.3) is 0 Å². The van der Waals surface area contributed by atoms with E-state index in [0.717, 1.165) is 51.4 Å². The second-order valence-electron chi connectivity index (χ2n) is 25.3. The van der Waals surface area contributed by atoms with Crippen LogP contribution in [0.1, 0.15) is 399 Å². The average molecular weight is 1150 g/mol. The van der Waals surface area contributed by atoms with Gasteiger partial charge in [0.05, 0.1) is 25.4 Å². The highest BCUT2D eigenvalue weighted by Crippen LogP contribution is 2.18. The summed E-state index contributed by atoms with van der Waals surface area (Å²) in [6.07, 6.45) is 93.5. The smallest absolute Gasteiger partial charge is 0.305 e. The SMILES string of the molecule is CCCCC/C=C\C/C=C\CCCCCCCC(=O)OCCCCCCCCCCCCCC/C=C\CCCCCCCCCCCCCCCCCCCC(=O)NC(CO)C(O)/C=C/CCCCCCCCCCCCCCCCC. The number of rotatable bonds is 69. The van der Waals surface area contributed by atoms with Crippen LogP contribution in [-0.2, 0) is 14.3 Å². The Morgan fingerprint density at radius 1 is 0.341 bits per heavy atom. The van der Waals surface area contributed by atoms with E-state index in [9.17, 15) is 19.8 Å². The Bertz CT molecular complexity index is 1370. The van der Waals surface area contributed by atoms with E-state index in [1.807, 2.05) is 6.08 Å². The lowest BCUT2D eigenvalue weighted by molar-refractivity contribution is -0.143. The van der Waals surface area contributed by atoms with Gasteiger partial charge in [-0.1, -0.05) is 345 Å². The van der Waals surface area contributed by atoms with Crippen molar-refractivity contribution in [1.29, 1.82) is 0 Å². The summed E-state index contributed by atoms with van der Waals surface area (Å²) in [7, 11) is 0. The highest BCUT2D eigenvalue weighted by Gasteiger charge is 2.18. The van der Waals surface area contributed by atoms with Crippen LogP contribution in [0.4, 0.5) is 0 Å². The van der Waals surface area contributed by atoms with Gasteiger partial charge in [-0.3, -0.25) is 9.59 Å². The number of carbonyl (C=O) groups excluding carboxylic acids is 2. The van der Waals surface area contributed by atoms with Gasteiger partial charge in [0.25, 0.3) is 0 Å². The minimum Gasteiger partial charge on any atom is -0.466 e. The molecule has 0 aliphatic rings. The Kier molecular flexibility index (Phi) is 69.4. The van der Waals surface area contributed by atoms with E-state index < -0.39 is 12.1 Å². The maximum Gasteiger partial charge on any atom is 0.305 e. The van der Waals surface area contributed by atoms with Crippen LogP contribution in [-0.4, -0.2) is 47.4 Å². The number of hydrogen-bond donors (Lipinski definition) is 3. The second-order valence-corrected chi connectivity index (χ2v) is 25.3. The molecule has 0 spiro atoms. The molecule has 6 heteroatoms. The van der Waals surface area contributed by atoms with Crippen molar-refractivity contribution in [2.75, 3.05) is 13.2 Å². The summed E-state index contributed by atoms with van der Waals surface area (Å²) in [6.45, 7) is 4.90. The van der Waals surface area contributed by atoms with Crippen molar-refractivity contribution in [1.82, 2.24) is 5.32 Å². The number of amides is 1. The molecule has 2 unspecified atom stereocenters. The maximum absolute atomic E-state index is 12.5. The van der Waals surface area contributed by atoms with Crippen molar-refractivity contribution in [3.63, 3.8) is 0 Å². The van der Waals surface area contributed by atoms with Crippen LogP contribution in [0.2, 0.25) is 0 Å². The first kappa shape index (κ1) is 79.8. The molecule has 0 aromatic heterocycles. The van der Waals surface area contributed by atoms with E-state index in [-0.39, 0.29) is 18.5 Å². The molecule has 1 amide bonds. The largest absolute Gasteiger partial charge is 0.466 e. The van der Waals surface area contributed by atoms with Crippen LogP contribution in [0.5, 0.6) is 0 Å². The summed E-state index contributed by atoms with van der Waals surface area (Å²) in [6, 6.07) is -0.626. The normalized spacial score (nSPS) is 12.8. The molecule has 0 aromatic rings. The molecule has 0 saturated carbocycles. The fourth-order valence-electron chi connectivity index (χ4n) is 11.4. The van der Waals surface area contributed by atoms with E-state index in [1.165, 1.54) is 321 Å². The maximum atomic E-state index is 12.5. The molecule has 3 N–H and O–H groups in total. The Balaban J connectivity index is 3.37. The molecule has 0 radical (unpaired) electrons. The summed E-state index contributed by atoms with van der Waals surface area (Å²) in [5.41, 5.74) is 0. The van der Waals surface area contributed by atoms with E-state index in [0.29, 0.717) is 19.4 Å². The molecule has 0 aliphatic carbocycles. The van der Waals surface area contributed by atoms with Crippen LogP contribution in [0.3, 0.4) is 0 Å². The summed E-state index contributed by atoms with van der Waals surface area (Å²) < 4.78 is 5.49. The van der Waals surface area contributed by atoms with E-state index in [1.54, 1.807) is 6.08 Å². The molecule has 482 valence electrons. The van der Waals surface area contributed by atoms with Crippen molar-refractivity contribution in [3.8, 4) is 0 Å². The predicted octanol–water partition coefficient (Wildman–Crippen LogP) is 24.0. The van der Waals surface area contributed by atoms with Crippen LogP contribution in [0.15, 0.2) is 48.6 Å². The van der Waals surface area contributed by atoms with Gasteiger partial charge < -0.3 is 20.3 Å². The van der Waals surface area contributed by atoms with Gasteiger partial charge in [-0.05, 0) is 89.9 Å². The number of esters is 1. The number of allylic oxidation sites excluding steroid dienone is 7. The molecule has 0 saturated heterocycles.